The molecular weight excluding hydrogens is 729 g/mol. The van der Waals surface area contributed by atoms with Crippen molar-refractivity contribution in [2.45, 2.75) is 0 Å². The van der Waals surface area contributed by atoms with Gasteiger partial charge in [0.15, 0.2) is 0 Å². The Balaban J connectivity index is 0.919. The van der Waals surface area contributed by atoms with Crippen molar-refractivity contribution in [3.63, 3.8) is 0 Å². The van der Waals surface area contributed by atoms with Gasteiger partial charge in [0.1, 0.15) is 0 Å². The second-order valence-corrected chi connectivity index (χ2v) is 15.8. The van der Waals surface area contributed by atoms with Crippen molar-refractivity contribution in [1.29, 1.82) is 0 Å². The fourth-order valence-electron chi connectivity index (χ4n) is 9.98. The van der Waals surface area contributed by atoms with Crippen LogP contribution in [-0.4, -0.2) is 18.3 Å². The molecule has 13 aromatic rings. The quantitative estimate of drug-likeness (QED) is 0.166. The summed E-state index contributed by atoms with van der Waals surface area (Å²) in [5.41, 5.74) is 16.6. The molecule has 0 bridgehead atoms. The highest BCUT2D eigenvalue weighted by Gasteiger charge is 2.22. The van der Waals surface area contributed by atoms with Crippen LogP contribution in [0.5, 0.6) is 0 Å². The van der Waals surface area contributed by atoms with Gasteiger partial charge in [-0.15, -0.1) is 0 Å². The molecule has 0 N–H and O–H groups in total. The van der Waals surface area contributed by atoms with Crippen LogP contribution in [0.4, 0.5) is 0 Å². The van der Waals surface area contributed by atoms with Crippen LogP contribution in [0.25, 0.3) is 110 Å². The largest absolute Gasteiger partial charge is 0.309 e. The second-order valence-electron chi connectivity index (χ2n) is 15.8. The van der Waals surface area contributed by atoms with E-state index in [-0.39, 0.29) is 0 Å². The van der Waals surface area contributed by atoms with Gasteiger partial charge in [0.25, 0.3) is 0 Å². The average molecular weight is 765 g/mol. The normalized spacial score (nSPS) is 12.0. The third kappa shape index (κ3) is 4.67. The molecule has 280 valence electrons. The number of rotatable bonds is 5. The van der Waals surface area contributed by atoms with E-state index in [1.54, 1.807) is 0 Å². The van der Waals surface area contributed by atoms with Gasteiger partial charge in [-0.25, -0.2) is 0 Å². The molecule has 4 heterocycles. The Morgan fingerprint density at radius 2 is 0.400 bits per heavy atom. The predicted molar refractivity (Wildman–Crippen MR) is 252 cm³/mol. The van der Waals surface area contributed by atoms with E-state index >= 15 is 0 Å². The predicted octanol–water partition coefficient (Wildman–Crippen LogP) is 14.6. The molecule has 0 unspecified atom stereocenters. The van der Waals surface area contributed by atoms with Crippen LogP contribution in [0, 0.1) is 0 Å². The third-order valence-corrected chi connectivity index (χ3v) is 12.6. The summed E-state index contributed by atoms with van der Waals surface area (Å²) in [7, 11) is 0. The molecule has 4 heteroatoms. The minimum atomic E-state index is 1.13. The van der Waals surface area contributed by atoms with Crippen LogP contribution in [0.2, 0.25) is 0 Å². The van der Waals surface area contributed by atoms with Gasteiger partial charge in [0, 0.05) is 55.1 Å². The van der Waals surface area contributed by atoms with Crippen LogP contribution in [0.15, 0.2) is 218 Å². The van der Waals surface area contributed by atoms with E-state index in [4.69, 9.17) is 0 Å². The summed E-state index contributed by atoms with van der Waals surface area (Å²) in [4.78, 5) is 0. The standard InChI is InChI=1S/C56H36N4/c1-7-19-49-43(13-1)44-14-2-8-20-50(44)57(49)39-29-25-37(26-30-39)38-27-31-41(32-28-38)59-53-23-11-5-17-47(53)56-55(59)48-18-6-12-24-54(48)60(56)42-35-33-40(34-36-42)58-51-21-9-3-15-45(51)46-16-4-10-22-52(46)58/h1-36H. The Morgan fingerprint density at radius 1 is 0.183 bits per heavy atom. The third-order valence-electron chi connectivity index (χ3n) is 12.6. The lowest BCUT2D eigenvalue weighted by molar-refractivity contribution is 1.15. The maximum atomic E-state index is 2.45. The molecule has 0 radical (unpaired) electrons. The van der Waals surface area contributed by atoms with Gasteiger partial charge < -0.3 is 18.3 Å². The van der Waals surface area contributed by atoms with Gasteiger partial charge in [-0.1, -0.05) is 133 Å². The Labute approximate surface area is 345 Å². The van der Waals surface area contributed by atoms with Gasteiger partial charge >= 0.3 is 0 Å². The van der Waals surface area contributed by atoms with Crippen molar-refractivity contribution < 1.29 is 0 Å². The fourth-order valence-corrected chi connectivity index (χ4v) is 9.98. The second kappa shape index (κ2) is 12.7. The van der Waals surface area contributed by atoms with Crippen LogP contribution in [-0.2, 0) is 0 Å². The Morgan fingerprint density at radius 3 is 0.700 bits per heavy atom. The van der Waals surface area contributed by atoms with Crippen LogP contribution < -0.4 is 0 Å². The van der Waals surface area contributed by atoms with E-state index in [9.17, 15) is 0 Å². The summed E-state index contributed by atoms with van der Waals surface area (Å²) in [6.07, 6.45) is 0. The summed E-state index contributed by atoms with van der Waals surface area (Å²) >= 11 is 0. The molecule has 13 rings (SSSR count). The zero-order valence-electron chi connectivity index (χ0n) is 32.6. The highest BCUT2D eigenvalue weighted by atomic mass is 15.1. The first kappa shape index (κ1) is 32.9. The molecule has 9 aromatic carbocycles. The van der Waals surface area contributed by atoms with E-state index in [0.717, 1.165) is 22.7 Å². The SMILES string of the molecule is c1ccc2c(c1)c1ccccc1n2-c1ccc(-c2ccc(-n3c4ccccc4c4c3c3ccccc3n4-c3ccc(-n4c5ccccc5c5ccccc54)cc3)cc2)cc1. The smallest absolute Gasteiger partial charge is 0.0803 e. The van der Waals surface area contributed by atoms with Crippen molar-refractivity contribution >= 4 is 76.5 Å². The number of hydrogen-bond acceptors (Lipinski definition) is 0. The minimum Gasteiger partial charge on any atom is -0.309 e. The van der Waals surface area contributed by atoms with Gasteiger partial charge in [-0.2, -0.15) is 0 Å². The highest BCUT2D eigenvalue weighted by Crippen LogP contribution is 2.42. The van der Waals surface area contributed by atoms with E-state index in [1.165, 1.54) is 87.6 Å². The summed E-state index contributed by atoms with van der Waals surface area (Å²) in [5.74, 6) is 0. The lowest BCUT2D eigenvalue weighted by atomic mass is 10.0. The Bertz CT molecular complexity index is 3690. The number of aromatic nitrogens is 4. The molecule has 0 amide bonds. The summed E-state index contributed by atoms with van der Waals surface area (Å²) in [6.45, 7) is 0. The zero-order chi connectivity index (χ0) is 39.3. The van der Waals surface area contributed by atoms with Crippen LogP contribution >= 0.6 is 0 Å². The van der Waals surface area contributed by atoms with Crippen LogP contribution in [0.1, 0.15) is 0 Å². The number of benzene rings is 9. The molecule has 0 fully saturated rings. The first-order valence-electron chi connectivity index (χ1n) is 20.6. The van der Waals surface area contributed by atoms with Crippen molar-refractivity contribution in [3.05, 3.63) is 218 Å². The maximum absolute atomic E-state index is 2.45. The van der Waals surface area contributed by atoms with Gasteiger partial charge in [0.05, 0.1) is 44.1 Å². The molecule has 0 aliphatic carbocycles. The summed E-state index contributed by atoms with van der Waals surface area (Å²) in [6, 6.07) is 79.5. The fraction of sp³-hybridized carbons (Fsp3) is 0. The summed E-state index contributed by atoms with van der Waals surface area (Å²) in [5, 5.41) is 7.53. The topological polar surface area (TPSA) is 19.7 Å². The first-order valence-corrected chi connectivity index (χ1v) is 20.6. The number of para-hydroxylation sites is 6. The van der Waals surface area contributed by atoms with E-state index in [2.05, 4.69) is 237 Å². The van der Waals surface area contributed by atoms with Crippen molar-refractivity contribution in [2.75, 3.05) is 0 Å². The van der Waals surface area contributed by atoms with E-state index in [1.807, 2.05) is 0 Å². The Kier molecular flexibility index (Phi) is 6.98. The Hall–Kier alpha value is -8.08. The number of nitrogens with zero attached hydrogens (tertiary/aromatic N) is 4. The van der Waals surface area contributed by atoms with Crippen molar-refractivity contribution in [1.82, 2.24) is 18.3 Å². The molecule has 4 nitrogen and oxygen atoms in total. The van der Waals surface area contributed by atoms with Gasteiger partial charge in [0.2, 0.25) is 0 Å². The molecule has 0 saturated carbocycles. The molecule has 0 aliphatic heterocycles. The zero-order valence-corrected chi connectivity index (χ0v) is 32.6. The molecule has 0 saturated heterocycles. The summed E-state index contributed by atoms with van der Waals surface area (Å²) < 4.78 is 9.65. The van der Waals surface area contributed by atoms with Crippen molar-refractivity contribution in [3.8, 4) is 33.9 Å². The molecule has 0 aliphatic rings. The lowest BCUT2D eigenvalue weighted by Gasteiger charge is -2.12. The minimum absolute atomic E-state index is 1.13. The van der Waals surface area contributed by atoms with Crippen molar-refractivity contribution in [2.24, 2.45) is 0 Å². The van der Waals surface area contributed by atoms with Crippen LogP contribution in [0.3, 0.4) is 0 Å². The van der Waals surface area contributed by atoms with Gasteiger partial charge in [-0.05, 0) is 96.1 Å². The first-order chi connectivity index (χ1) is 29.8. The monoisotopic (exact) mass is 764 g/mol. The number of fused-ring (bicyclic) bond motifs is 11. The molecule has 4 aromatic heterocycles. The molecular formula is C56H36N4. The van der Waals surface area contributed by atoms with E-state index in [0.29, 0.717) is 0 Å². The molecule has 60 heavy (non-hydrogen) atoms. The van der Waals surface area contributed by atoms with E-state index < -0.39 is 0 Å². The maximum Gasteiger partial charge on any atom is 0.0803 e. The molecule has 0 spiro atoms. The number of hydrogen-bond donors (Lipinski definition) is 0. The average Bonchev–Trinajstić information content (AvgIpc) is 4.04. The lowest BCUT2D eigenvalue weighted by Crippen LogP contribution is -1.97. The molecule has 0 atom stereocenters. The van der Waals surface area contributed by atoms with Gasteiger partial charge in [-0.3, -0.25) is 0 Å². The highest BCUT2D eigenvalue weighted by molar-refractivity contribution is 6.20.